The van der Waals surface area contributed by atoms with E-state index < -0.39 is 0 Å². The Labute approximate surface area is 70.3 Å². The Balaban J connectivity index is 2.85. The molecule has 0 spiro atoms. The number of ketones is 1. The van der Waals surface area contributed by atoms with Crippen molar-refractivity contribution in [1.82, 2.24) is 0 Å². The first kappa shape index (κ1) is 8.74. The van der Waals surface area contributed by atoms with Gasteiger partial charge in [-0.25, -0.2) is 0 Å². The lowest BCUT2D eigenvalue weighted by Gasteiger charge is -1.95. The van der Waals surface area contributed by atoms with E-state index >= 15 is 0 Å². The van der Waals surface area contributed by atoms with Gasteiger partial charge in [0, 0.05) is 5.57 Å². The van der Waals surface area contributed by atoms with E-state index in [4.69, 9.17) is 9.52 Å². The van der Waals surface area contributed by atoms with Crippen LogP contribution in [0.25, 0.3) is 6.08 Å². The molecule has 12 heavy (non-hydrogen) atoms. The Morgan fingerprint density at radius 2 is 2.50 bits per heavy atom. The van der Waals surface area contributed by atoms with Crippen LogP contribution in [0.5, 0.6) is 0 Å². The number of aliphatic hydroxyl groups excluding tert-OH is 1. The quantitative estimate of drug-likeness (QED) is 0.687. The average molecular weight is 166 g/mol. The summed E-state index contributed by atoms with van der Waals surface area (Å²) >= 11 is 0. The highest BCUT2D eigenvalue weighted by Crippen LogP contribution is 2.07. The van der Waals surface area contributed by atoms with Crippen LogP contribution in [-0.2, 0) is 4.79 Å². The third kappa shape index (κ3) is 2.07. The minimum atomic E-state index is -0.254. The van der Waals surface area contributed by atoms with Crippen molar-refractivity contribution >= 4 is 11.9 Å². The van der Waals surface area contributed by atoms with E-state index in [1.54, 1.807) is 12.1 Å². The molecule has 0 amide bonds. The molecule has 0 radical (unpaired) electrons. The Kier molecular flexibility index (Phi) is 2.82. The van der Waals surface area contributed by atoms with Gasteiger partial charge in [0.15, 0.2) is 5.78 Å². The lowest BCUT2D eigenvalue weighted by molar-refractivity contribution is -0.113. The van der Waals surface area contributed by atoms with E-state index in [0.29, 0.717) is 11.3 Å². The van der Waals surface area contributed by atoms with Crippen LogP contribution >= 0.6 is 0 Å². The number of carbonyl (C=O) groups is 1. The molecule has 1 N–H and O–H groups in total. The molecule has 0 fully saturated rings. The van der Waals surface area contributed by atoms with Crippen molar-refractivity contribution in [2.24, 2.45) is 0 Å². The lowest BCUT2D eigenvalue weighted by atomic mass is 10.2. The number of hydrogen-bond acceptors (Lipinski definition) is 3. The van der Waals surface area contributed by atoms with Gasteiger partial charge in [-0.2, -0.15) is 0 Å². The fourth-order valence-corrected chi connectivity index (χ4v) is 0.804. The van der Waals surface area contributed by atoms with Crippen LogP contribution in [0.15, 0.2) is 28.4 Å². The fraction of sp³-hybridized carbons (Fsp3) is 0.222. The second-order valence-corrected chi connectivity index (χ2v) is 2.40. The van der Waals surface area contributed by atoms with Crippen molar-refractivity contribution in [2.45, 2.75) is 6.92 Å². The molecule has 0 aliphatic rings. The topological polar surface area (TPSA) is 50.4 Å². The van der Waals surface area contributed by atoms with Crippen molar-refractivity contribution in [2.75, 3.05) is 6.61 Å². The van der Waals surface area contributed by atoms with Crippen LogP contribution in [0.3, 0.4) is 0 Å². The smallest absolute Gasteiger partial charge is 0.158 e. The van der Waals surface area contributed by atoms with Crippen LogP contribution in [0, 0.1) is 0 Å². The van der Waals surface area contributed by atoms with Crippen molar-refractivity contribution < 1.29 is 14.3 Å². The Morgan fingerprint density at radius 1 is 1.75 bits per heavy atom. The maximum absolute atomic E-state index is 10.8. The highest BCUT2D eigenvalue weighted by Gasteiger charge is 2.02. The zero-order chi connectivity index (χ0) is 8.97. The van der Waals surface area contributed by atoms with Crippen LogP contribution in [0.1, 0.15) is 12.7 Å². The van der Waals surface area contributed by atoms with Gasteiger partial charge in [-0.3, -0.25) is 4.79 Å². The van der Waals surface area contributed by atoms with Crippen LogP contribution in [0.4, 0.5) is 0 Å². The van der Waals surface area contributed by atoms with Gasteiger partial charge < -0.3 is 9.52 Å². The minimum Gasteiger partial charge on any atom is -0.465 e. The van der Waals surface area contributed by atoms with Crippen molar-refractivity contribution in [3.05, 3.63) is 29.7 Å². The third-order valence-electron chi connectivity index (χ3n) is 1.48. The first-order valence-corrected chi connectivity index (χ1v) is 3.60. The van der Waals surface area contributed by atoms with E-state index in [2.05, 4.69) is 0 Å². The summed E-state index contributed by atoms with van der Waals surface area (Å²) in [7, 11) is 0. The molecule has 0 unspecified atom stereocenters. The van der Waals surface area contributed by atoms with Crippen LogP contribution in [-0.4, -0.2) is 17.5 Å². The molecule has 0 aliphatic carbocycles. The molecule has 0 atom stereocenters. The zero-order valence-electron chi connectivity index (χ0n) is 6.78. The predicted octanol–water partition coefficient (Wildman–Crippen LogP) is 1.24. The van der Waals surface area contributed by atoms with Crippen molar-refractivity contribution in [1.29, 1.82) is 0 Å². The monoisotopic (exact) mass is 166 g/mol. The summed E-state index contributed by atoms with van der Waals surface area (Å²) in [5, 5.41) is 8.76. The summed E-state index contributed by atoms with van der Waals surface area (Å²) in [6.45, 7) is 1.15. The molecule has 1 rings (SSSR count). The van der Waals surface area contributed by atoms with Gasteiger partial charge >= 0.3 is 0 Å². The molecule has 1 heterocycles. The Morgan fingerprint density at radius 3 is 2.92 bits per heavy atom. The molecule has 0 saturated carbocycles. The average Bonchev–Trinajstić information content (AvgIpc) is 2.51. The Bertz CT molecular complexity index is 283. The van der Waals surface area contributed by atoms with Crippen LogP contribution in [0.2, 0.25) is 0 Å². The molecule has 0 saturated heterocycles. The van der Waals surface area contributed by atoms with Gasteiger partial charge in [0.1, 0.15) is 5.76 Å². The molecule has 64 valence electrons. The summed E-state index contributed by atoms with van der Waals surface area (Å²) in [4.78, 5) is 10.8. The number of aliphatic hydroxyl groups is 1. The van der Waals surface area contributed by atoms with Gasteiger partial charge in [-0.05, 0) is 25.1 Å². The van der Waals surface area contributed by atoms with Crippen molar-refractivity contribution in [3.8, 4) is 0 Å². The van der Waals surface area contributed by atoms with E-state index in [1.807, 2.05) is 0 Å². The maximum Gasteiger partial charge on any atom is 0.158 e. The first-order valence-electron chi connectivity index (χ1n) is 3.60. The normalized spacial score (nSPS) is 11.7. The lowest BCUT2D eigenvalue weighted by Crippen LogP contribution is -2.00. The first-order chi connectivity index (χ1) is 5.74. The summed E-state index contributed by atoms with van der Waals surface area (Å²) in [5.41, 5.74) is 0.352. The summed E-state index contributed by atoms with van der Waals surface area (Å²) in [5.74, 6) is 0.433. The number of Topliss-reactive ketones (excluding diaryl/α,β-unsaturated/α-hetero) is 1. The van der Waals surface area contributed by atoms with E-state index in [9.17, 15) is 4.79 Å². The van der Waals surface area contributed by atoms with Crippen LogP contribution < -0.4 is 0 Å². The molecule has 1 aromatic heterocycles. The predicted molar refractivity (Wildman–Crippen MR) is 44.5 cm³/mol. The summed E-state index contributed by atoms with van der Waals surface area (Å²) < 4.78 is 4.98. The minimum absolute atomic E-state index is 0.145. The second-order valence-electron chi connectivity index (χ2n) is 2.40. The molecule has 3 heteroatoms. The van der Waals surface area contributed by atoms with Gasteiger partial charge in [0.2, 0.25) is 0 Å². The molecular weight excluding hydrogens is 156 g/mol. The highest BCUT2D eigenvalue weighted by molar-refractivity contribution is 5.97. The SMILES string of the molecule is CC(=O)C(=Cc1ccco1)CO. The Hall–Kier alpha value is -1.35. The van der Waals surface area contributed by atoms with Gasteiger partial charge in [0.05, 0.1) is 12.9 Å². The summed E-state index contributed by atoms with van der Waals surface area (Å²) in [6.07, 6.45) is 3.04. The molecule has 1 aromatic rings. The van der Waals surface area contributed by atoms with Gasteiger partial charge in [-0.15, -0.1) is 0 Å². The van der Waals surface area contributed by atoms with E-state index in [0.717, 1.165) is 0 Å². The fourth-order valence-electron chi connectivity index (χ4n) is 0.804. The third-order valence-corrected chi connectivity index (χ3v) is 1.48. The maximum atomic E-state index is 10.8. The van der Waals surface area contributed by atoms with Gasteiger partial charge in [0.25, 0.3) is 0 Å². The van der Waals surface area contributed by atoms with Crippen molar-refractivity contribution in [3.63, 3.8) is 0 Å². The molecular formula is C9H10O3. The zero-order valence-corrected chi connectivity index (χ0v) is 6.78. The van der Waals surface area contributed by atoms with E-state index in [1.165, 1.54) is 19.3 Å². The summed E-state index contributed by atoms with van der Waals surface area (Å²) in [6, 6.07) is 3.44. The largest absolute Gasteiger partial charge is 0.465 e. The number of carbonyl (C=O) groups excluding carboxylic acids is 1. The standard InChI is InChI=1S/C9H10O3/c1-7(11)8(6-10)5-9-3-2-4-12-9/h2-5,10H,6H2,1H3. The number of furan rings is 1. The van der Waals surface area contributed by atoms with Gasteiger partial charge in [-0.1, -0.05) is 0 Å². The molecule has 0 bridgehead atoms. The molecule has 3 nitrogen and oxygen atoms in total. The second kappa shape index (κ2) is 3.88. The highest BCUT2D eigenvalue weighted by atomic mass is 16.3. The molecule has 0 aliphatic heterocycles. The van der Waals surface area contributed by atoms with E-state index in [-0.39, 0.29) is 12.4 Å². The molecule has 0 aromatic carbocycles. The number of hydrogen-bond donors (Lipinski definition) is 1. The number of rotatable bonds is 3.